The van der Waals surface area contributed by atoms with E-state index in [2.05, 4.69) is 9.82 Å². The summed E-state index contributed by atoms with van der Waals surface area (Å²) < 4.78 is 34.5. The van der Waals surface area contributed by atoms with Crippen LogP contribution in [0.25, 0.3) is 0 Å². The highest BCUT2D eigenvalue weighted by molar-refractivity contribution is 7.89. The van der Waals surface area contributed by atoms with E-state index in [0.29, 0.717) is 25.7 Å². The molecule has 0 aliphatic carbocycles. The molecule has 0 amide bonds. The number of ether oxygens (including phenoxy) is 1. The van der Waals surface area contributed by atoms with Gasteiger partial charge in [0, 0.05) is 32.0 Å². The van der Waals surface area contributed by atoms with Gasteiger partial charge in [-0.15, -0.1) is 0 Å². The molecule has 1 fully saturated rings. The summed E-state index contributed by atoms with van der Waals surface area (Å²) in [6.07, 6.45) is 4.10. The average Bonchev–Trinajstić information content (AvgIpc) is 2.81. The lowest BCUT2D eigenvalue weighted by atomic mass is 9.94. The Labute approximate surface area is 125 Å². The summed E-state index contributed by atoms with van der Waals surface area (Å²) in [5, 5.41) is 4.04. The molecule has 8 heteroatoms. The van der Waals surface area contributed by atoms with Gasteiger partial charge in [0.25, 0.3) is 0 Å². The van der Waals surface area contributed by atoms with Crippen molar-refractivity contribution >= 4 is 15.8 Å². The number of hydrogen-bond acceptors (Lipinski definition) is 5. The minimum absolute atomic E-state index is 0.0510. The fourth-order valence-corrected chi connectivity index (χ4v) is 3.97. The topological polar surface area (TPSA) is 99.2 Å². The third kappa shape index (κ3) is 3.96. The first-order valence-corrected chi connectivity index (χ1v) is 8.85. The quantitative estimate of drug-likeness (QED) is 0.814. The SMILES string of the molecule is CCCn1cc(S(=O)(=O)NC(C)C2CCOCC2)c(N)n1. The number of nitrogens with zero attached hydrogens (tertiary/aromatic N) is 2. The van der Waals surface area contributed by atoms with E-state index in [1.54, 1.807) is 4.68 Å². The molecule has 1 saturated heterocycles. The van der Waals surface area contributed by atoms with Crippen LogP contribution in [0.5, 0.6) is 0 Å². The molecule has 1 aliphatic heterocycles. The lowest BCUT2D eigenvalue weighted by molar-refractivity contribution is 0.0585. The van der Waals surface area contributed by atoms with Crippen molar-refractivity contribution in [2.75, 3.05) is 18.9 Å². The molecule has 120 valence electrons. The first-order chi connectivity index (χ1) is 9.94. The van der Waals surface area contributed by atoms with Gasteiger partial charge < -0.3 is 10.5 Å². The molecule has 1 aromatic heterocycles. The summed E-state index contributed by atoms with van der Waals surface area (Å²) in [7, 11) is -3.64. The molecular weight excluding hydrogens is 292 g/mol. The zero-order chi connectivity index (χ0) is 15.5. The lowest BCUT2D eigenvalue weighted by Crippen LogP contribution is -2.40. The zero-order valence-corrected chi connectivity index (χ0v) is 13.4. The molecule has 0 spiro atoms. The number of sulfonamides is 1. The molecule has 2 rings (SSSR count). The van der Waals surface area contributed by atoms with Crippen molar-refractivity contribution < 1.29 is 13.2 Å². The summed E-state index contributed by atoms with van der Waals surface area (Å²) in [4.78, 5) is 0.0647. The maximum Gasteiger partial charge on any atom is 0.246 e. The van der Waals surface area contributed by atoms with E-state index in [-0.39, 0.29) is 16.8 Å². The minimum Gasteiger partial charge on any atom is -0.381 e. The van der Waals surface area contributed by atoms with Gasteiger partial charge in [-0.1, -0.05) is 6.92 Å². The molecule has 0 aromatic carbocycles. The van der Waals surface area contributed by atoms with E-state index in [1.807, 2.05) is 13.8 Å². The smallest absolute Gasteiger partial charge is 0.246 e. The van der Waals surface area contributed by atoms with E-state index < -0.39 is 10.0 Å². The maximum absolute atomic E-state index is 12.4. The van der Waals surface area contributed by atoms with Crippen molar-refractivity contribution in [2.24, 2.45) is 5.92 Å². The van der Waals surface area contributed by atoms with Crippen LogP contribution in [0.3, 0.4) is 0 Å². The van der Waals surface area contributed by atoms with Crippen molar-refractivity contribution in [1.29, 1.82) is 0 Å². The number of hydrogen-bond donors (Lipinski definition) is 2. The lowest BCUT2D eigenvalue weighted by Gasteiger charge is -2.28. The maximum atomic E-state index is 12.4. The third-order valence-electron chi connectivity index (χ3n) is 3.81. The predicted octanol–water partition coefficient (Wildman–Crippen LogP) is 0.969. The van der Waals surface area contributed by atoms with Crippen molar-refractivity contribution in [2.45, 2.75) is 50.6 Å². The van der Waals surface area contributed by atoms with Gasteiger partial charge in [-0.05, 0) is 32.1 Å². The molecule has 7 nitrogen and oxygen atoms in total. The van der Waals surface area contributed by atoms with Gasteiger partial charge >= 0.3 is 0 Å². The number of rotatable bonds is 6. The highest BCUT2D eigenvalue weighted by Crippen LogP contribution is 2.22. The van der Waals surface area contributed by atoms with E-state index in [4.69, 9.17) is 10.5 Å². The minimum atomic E-state index is -3.64. The Balaban J connectivity index is 2.10. The van der Waals surface area contributed by atoms with Gasteiger partial charge in [-0.2, -0.15) is 5.10 Å². The molecule has 21 heavy (non-hydrogen) atoms. The Hall–Kier alpha value is -1.12. The number of nitrogen functional groups attached to an aromatic ring is 1. The second-order valence-corrected chi connectivity index (χ2v) is 7.18. The Morgan fingerprint density at radius 1 is 1.52 bits per heavy atom. The number of nitrogens with two attached hydrogens (primary N) is 1. The Bertz CT molecular complexity index is 564. The van der Waals surface area contributed by atoms with Crippen LogP contribution in [0.15, 0.2) is 11.1 Å². The fourth-order valence-electron chi connectivity index (χ4n) is 2.59. The van der Waals surface area contributed by atoms with Crippen LogP contribution in [-0.4, -0.2) is 37.5 Å². The van der Waals surface area contributed by atoms with Gasteiger partial charge in [-0.3, -0.25) is 4.68 Å². The van der Waals surface area contributed by atoms with Crippen LogP contribution in [0, 0.1) is 5.92 Å². The summed E-state index contributed by atoms with van der Waals surface area (Å²) in [6, 6.07) is -0.146. The summed E-state index contributed by atoms with van der Waals surface area (Å²) in [5.41, 5.74) is 5.74. The summed E-state index contributed by atoms with van der Waals surface area (Å²) in [5.74, 6) is 0.343. The molecule has 1 aromatic rings. The van der Waals surface area contributed by atoms with E-state index >= 15 is 0 Å². The monoisotopic (exact) mass is 316 g/mol. The number of nitrogens with one attached hydrogen (secondary N) is 1. The number of anilines is 1. The van der Waals surface area contributed by atoms with E-state index in [9.17, 15) is 8.42 Å². The summed E-state index contributed by atoms with van der Waals surface area (Å²) in [6.45, 7) is 5.91. The Kier molecular flexibility index (Phi) is 5.23. The second kappa shape index (κ2) is 6.76. The van der Waals surface area contributed by atoms with Crippen molar-refractivity contribution in [3.8, 4) is 0 Å². The Morgan fingerprint density at radius 3 is 2.81 bits per heavy atom. The number of aryl methyl sites for hydroxylation is 1. The van der Waals surface area contributed by atoms with Gasteiger partial charge in [0.05, 0.1) is 0 Å². The zero-order valence-electron chi connectivity index (χ0n) is 12.6. The molecule has 1 unspecified atom stereocenters. The first kappa shape index (κ1) is 16.3. The number of aromatic nitrogens is 2. The van der Waals surface area contributed by atoms with Gasteiger partial charge in [-0.25, -0.2) is 13.1 Å². The molecule has 2 heterocycles. The van der Waals surface area contributed by atoms with E-state index in [0.717, 1.165) is 19.3 Å². The average molecular weight is 316 g/mol. The van der Waals surface area contributed by atoms with Gasteiger partial charge in [0.2, 0.25) is 10.0 Å². The molecule has 1 aliphatic rings. The van der Waals surface area contributed by atoms with E-state index in [1.165, 1.54) is 6.20 Å². The predicted molar refractivity (Wildman–Crippen MR) is 80.3 cm³/mol. The molecular formula is C13H24N4O3S. The first-order valence-electron chi connectivity index (χ1n) is 7.37. The molecule has 0 bridgehead atoms. The van der Waals surface area contributed by atoms with Crippen molar-refractivity contribution in [3.63, 3.8) is 0 Å². The second-order valence-electron chi connectivity index (χ2n) is 5.50. The van der Waals surface area contributed by atoms with Gasteiger partial charge in [0.15, 0.2) is 5.82 Å². The van der Waals surface area contributed by atoms with Crippen LogP contribution in [0.2, 0.25) is 0 Å². The van der Waals surface area contributed by atoms with Crippen LogP contribution in [-0.2, 0) is 21.3 Å². The van der Waals surface area contributed by atoms with Crippen LogP contribution < -0.4 is 10.5 Å². The molecule has 3 N–H and O–H groups in total. The molecule has 0 saturated carbocycles. The van der Waals surface area contributed by atoms with Crippen LogP contribution in [0.4, 0.5) is 5.82 Å². The highest BCUT2D eigenvalue weighted by Gasteiger charge is 2.28. The van der Waals surface area contributed by atoms with Crippen LogP contribution >= 0.6 is 0 Å². The van der Waals surface area contributed by atoms with Gasteiger partial charge in [0.1, 0.15) is 4.90 Å². The van der Waals surface area contributed by atoms with Crippen molar-refractivity contribution in [1.82, 2.24) is 14.5 Å². The Morgan fingerprint density at radius 2 is 2.19 bits per heavy atom. The normalized spacial score (nSPS) is 18.8. The fraction of sp³-hybridized carbons (Fsp3) is 0.769. The molecule has 0 radical (unpaired) electrons. The largest absolute Gasteiger partial charge is 0.381 e. The molecule has 1 atom stereocenters. The van der Waals surface area contributed by atoms with Crippen LogP contribution in [0.1, 0.15) is 33.1 Å². The standard InChI is InChI=1S/C13H24N4O3S/c1-3-6-17-9-12(13(14)15-17)21(18,19)16-10(2)11-4-7-20-8-5-11/h9-11,16H,3-8H2,1-2H3,(H2,14,15). The summed E-state index contributed by atoms with van der Waals surface area (Å²) >= 11 is 0. The third-order valence-corrected chi connectivity index (χ3v) is 5.39. The highest BCUT2D eigenvalue weighted by atomic mass is 32.2. The van der Waals surface area contributed by atoms with Crippen molar-refractivity contribution in [3.05, 3.63) is 6.20 Å².